The molecule has 2 aromatic rings. The number of carbonyl (C=O) groups is 1. The summed E-state index contributed by atoms with van der Waals surface area (Å²) in [4.78, 5) is 11.8. The van der Waals surface area contributed by atoms with Gasteiger partial charge in [-0.05, 0) is 25.1 Å². The average Bonchev–Trinajstić information content (AvgIpc) is 2.91. The van der Waals surface area contributed by atoms with Crippen LogP contribution >= 0.6 is 23.2 Å². The number of carbonyl (C=O) groups excluding carboxylic acids is 1. The smallest absolute Gasteiger partial charge is 0.344 e. The highest BCUT2D eigenvalue weighted by Crippen LogP contribution is 2.33. The van der Waals surface area contributed by atoms with Crippen LogP contribution in [0.5, 0.6) is 0 Å². The summed E-state index contributed by atoms with van der Waals surface area (Å²) in [5.41, 5.74) is -0.218. The van der Waals surface area contributed by atoms with Crippen LogP contribution in [-0.2, 0) is 17.1 Å². The van der Waals surface area contributed by atoms with Crippen molar-refractivity contribution in [1.29, 1.82) is 0 Å². The molecule has 0 bridgehead atoms. The van der Waals surface area contributed by atoms with Crippen LogP contribution in [-0.4, -0.2) is 42.5 Å². The van der Waals surface area contributed by atoms with Crippen LogP contribution in [0.25, 0.3) is 0 Å². The van der Waals surface area contributed by atoms with E-state index >= 15 is 0 Å². The monoisotopic (exact) mass is 475 g/mol. The molecule has 0 radical (unpaired) electrons. The molecule has 0 saturated heterocycles. The number of rotatable bonds is 5. The molecule has 13 heteroatoms. The predicted molar refractivity (Wildman–Crippen MR) is 100 cm³/mol. The number of sulfonamides is 1. The third-order valence-corrected chi connectivity index (χ3v) is 6.88. The van der Waals surface area contributed by atoms with Crippen molar-refractivity contribution in [3.8, 4) is 0 Å². The largest absolute Gasteiger partial charge is 0.404 e. The minimum absolute atomic E-state index is 0.103. The van der Waals surface area contributed by atoms with E-state index in [0.717, 1.165) is 29.9 Å². The van der Waals surface area contributed by atoms with Gasteiger partial charge in [0.2, 0.25) is 10.0 Å². The van der Waals surface area contributed by atoms with Crippen molar-refractivity contribution < 1.29 is 30.8 Å². The van der Waals surface area contributed by atoms with Crippen LogP contribution < -0.4 is 5.32 Å². The third-order valence-electron chi connectivity index (χ3n) is 4.16. The van der Waals surface area contributed by atoms with Crippen LogP contribution in [0.4, 0.5) is 23.2 Å². The standard InChI is InChI=1S/C16H15Cl2F4N3O3S/c1-8(16(20,21)22)25(3)29(27,28)12-7-24(2)14(13(12)18)15(26)23-9-4-5-11(19)10(17)6-9/h4-8H,1-3H3,(H,23,26)/t8-/m1/s1. The van der Waals surface area contributed by atoms with Crippen molar-refractivity contribution in [2.24, 2.45) is 7.05 Å². The summed E-state index contributed by atoms with van der Waals surface area (Å²) in [6.45, 7) is 0.681. The maximum Gasteiger partial charge on any atom is 0.404 e. The molecule has 1 heterocycles. The number of nitrogens with zero attached hydrogens (tertiary/aromatic N) is 2. The van der Waals surface area contributed by atoms with Crippen LogP contribution in [0.1, 0.15) is 17.4 Å². The second kappa shape index (κ2) is 8.13. The number of nitrogens with one attached hydrogen (secondary N) is 1. The molecule has 6 nitrogen and oxygen atoms in total. The molecule has 0 aliphatic rings. The Hall–Kier alpha value is -1.82. The van der Waals surface area contributed by atoms with E-state index in [1.807, 2.05) is 0 Å². The Morgan fingerprint density at radius 3 is 2.38 bits per heavy atom. The van der Waals surface area contributed by atoms with Gasteiger partial charge < -0.3 is 9.88 Å². The summed E-state index contributed by atoms with van der Waals surface area (Å²) in [6.07, 6.45) is -3.87. The highest BCUT2D eigenvalue weighted by molar-refractivity contribution is 7.89. The molecular weight excluding hydrogens is 461 g/mol. The van der Waals surface area contributed by atoms with E-state index in [1.165, 1.54) is 13.1 Å². The summed E-state index contributed by atoms with van der Waals surface area (Å²) in [6, 6.07) is 1.03. The number of halogens is 6. The first-order valence-electron chi connectivity index (χ1n) is 7.84. The lowest BCUT2D eigenvalue weighted by Crippen LogP contribution is -2.44. The quantitative estimate of drug-likeness (QED) is 0.655. The first kappa shape index (κ1) is 23.5. The molecule has 1 amide bonds. The zero-order chi connectivity index (χ0) is 22.3. The number of amides is 1. The van der Waals surface area contributed by atoms with Crippen molar-refractivity contribution in [3.63, 3.8) is 0 Å². The Balaban J connectivity index is 2.41. The average molecular weight is 476 g/mol. The number of aromatic nitrogens is 1. The van der Waals surface area contributed by atoms with E-state index < -0.39 is 43.9 Å². The normalized spacial score (nSPS) is 13.6. The number of hydrogen-bond donors (Lipinski definition) is 1. The Kier molecular flexibility index (Phi) is 6.58. The van der Waals surface area contributed by atoms with Crippen molar-refractivity contribution in [2.75, 3.05) is 12.4 Å². The number of alkyl halides is 3. The molecule has 0 aliphatic heterocycles. The fraction of sp³-hybridized carbons (Fsp3) is 0.312. The predicted octanol–water partition coefficient (Wildman–Crippen LogP) is 4.29. The first-order chi connectivity index (χ1) is 13.2. The molecule has 0 spiro atoms. The van der Waals surface area contributed by atoms with Gasteiger partial charge in [-0.2, -0.15) is 17.5 Å². The molecule has 1 aromatic carbocycles. The van der Waals surface area contributed by atoms with E-state index in [-0.39, 0.29) is 20.7 Å². The van der Waals surface area contributed by atoms with Crippen LogP contribution in [0.3, 0.4) is 0 Å². The van der Waals surface area contributed by atoms with Gasteiger partial charge in [0.25, 0.3) is 5.91 Å². The van der Waals surface area contributed by atoms with Crippen LogP contribution in [0, 0.1) is 5.82 Å². The molecule has 0 unspecified atom stereocenters. The summed E-state index contributed by atoms with van der Waals surface area (Å²) in [5.74, 6) is -1.58. The lowest BCUT2D eigenvalue weighted by Gasteiger charge is -2.25. The van der Waals surface area contributed by atoms with Gasteiger partial charge >= 0.3 is 6.18 Å². The molecule has 160 valence electrons. The maximum atomic E-state index is 13.2. The van der Waals surface area contributed by atoms with Gasteiger partial charge in [0, 0.05) is 26.0 Å². The lowest BCUT2D eigenvalue weighted by molar-refractivity contribution is -0.164. The molecule has 0 saturated carbocycles. The van der Waals surface area contributed by atoms with Gasteiger partial charge in [-0.3, -0.25) is 4.79 Å². The first-order valence-corrected chi connectivity index (χ1v) is 10.0. The summed E-state index contributed by atoms with van der Waals surface area (Å²) in [5, 5.41) is 1.55. The van der Waals surface area contributed by atoms with Crippen molar-refractivity contribution >= 4 is 44.8 Å². The van der Waals surface area contributed by atoms with Crippen molar-refractivity contribution in [2.45, 2.75) is 24.0 Å². The Morgan fingerprint density at radius 2 is 1.86 bits per heavy atom. The van der Waals surface area contributed by atoms with E-state index in [0.29, 0.717) is 6.92 Å². The number of hydrogen-bond acceptors (Lipinski definition) is 3. The summed E-state index contributed by atoms with van der Waals surface area (Å²) >= 11 is 11.7. The molecule has 1 aromatic heterocycles. The Morgan fingerprint density at radius 1 is 1.28 bits per heavy atom. The SMILES string of the molecule is C[C@@H](N(C)S(=O)(=O)c1cn(C)c(C(=O)Nc2ccc(F)c(Cl)c2)c1Cl)C(F)(F)F. The van der Waals surface area contributed by atoms with Crippen LogP contribution in [0.2, 0.25) is 10.0 Å². The Bertz CT molecular complexity index is 1050. The zero-order valence-corrected chi connectivity index (χ0v) is 17.5. The highest BCUT2D eigenvalue weighted by Gasteiger charge is 2.44. The van der Waals surface area contributed by atoms with Gasteiger partial charge in [0.15, 0.2) is 0 Å². The van der Waals surface area contributed by atoms with Gasteiger partial charge in [0.1, 0.15) is 22.4 Å². The summed E-state index contributed by atoms with van der Waals surface area (Å²) < 4.78 is 78.4. The molecule has 0 aliphatic carbocycles. The summed E-state index contributed by atoms with van der Waals surface area (Å²) in [7, 11) is -2.61. The van der Waals surface area contributed by atoms with Crippen molar-refractivity contribution in [3.05, 3.63) is 46.0 Å². The zero-order valence-electron chi connectivity index (χ0n) is 15.2. The molecule has 1 N–H and O–H groups in total. The van der Waals surface area contributed by atoms with E-state index in [9.17, 15) is 30.8 Å². The van der Waals surface area contributed by atoms with E-state index in [4.69, 9.17) is 23.2 Å². The second-order valence-electron chi connectivity index (χ2n) is 6.09. The number of aryl methyl sites for hydroxylation is 1. The lowest BCUT2D eigenvalue weighted by atomic mass is 10.3. The minimum Gasteiger partial charge on any atom is -0.344 e. The molecule has 2 rings (SSSR count). The Labute approximate surface area is 174 Å². The van der Waals surface area contributed by atoms with Crippen LogP contribution in [0.15, 0.2) is 29.3 Å². The molecular formula is C16H15Cl2F4N3O3S. The van der Waals surface area contributed by atoms with Gasteiger partial charge in [-0.1, -0.05) is 23.2 Å². The molecule has 1 atom stereocenters. The van der Waals surface area contributed by atoms with E-state index in [1.54, 1.807) is 0 Å². The van der Waals surface area contributed by atoms with Crippen molar-refractivity contribution in [1.82, 2.24) is 8.87 Å². The minimum atomic E-state index is -4.80. The van der Waals surface area contributed by atoms with Gasteiger partial charge in [0.05, 0.1) is 10.0 Å². The topological polar surface area (TPSA) is 71.4 Å². The highest BCUT2D eigenvalue weighted by atomic mass is 35.5. The van der Waals surface area contributed by atoms with E-state index in [2.05, 4.69) is 5.32 Å². The van der Waals surface area contributed by atoms with Gasteiger partial charge in [-0.25, -0.2) is 12.8 Å². The maximum absolute atomic E-state index is 13.2. The number of benzene rings is 1. The molecule has 29 heavy (non-hydrogen) atoms. The number of anilines is 1. The fourth-order valence-electron chi connectivity index (χ4n) is 2.34. The second-order valence-corrected chi connectivity index (χ2v) is 8.84. The third kappa shape index (κ3) is 4.68. The van der Waals surface area contributed by atoms with Gasteiger partial charge in [-0.15, -0.1) is 0 Å². The fourth-order valence-corrected chi connectivity index (χ4v) is 4.54. The molecule has 0 fully saturated rings.